The molecular weight excluding hydrogens is 395 g/mol. The number of hydrogen-bond donors (Lipinski definition) is 1. The van der Waals surface area contributed by atoms with Crippen molar-refractivity contribution in [3.63, 3.8) is 0 Å². The van der Waals surface area contributed by atoms with Crippen LogP contribution in [0.4, 0.5) is 0 Å². The van der Waals surface area contributed by atoms with Gasteiger partial charge in [0.25, 0.3) is 0 Å². The lowest BCUT2D eigenvalue weighted by atomic mass is 10.1. The third-order valence-electron chi connectivity index (χ3n) is 4.51. The summed E-state index contributed by atoms with van der Waals surface area (Å²) < 4.78 is 0. The number of likely N-dealkylation sites (N-methyl/N-ethyl adjacent to an activating group) is 1. The van der Waals surface area contributed by atoms with Gasteiger partial charge in [-0.2, -0.15) is 0 Å². The van der Waals surface area contributed by atoms with E-state index in [1.165, 1.54) is 0 Å². The standard InChI is InChI=1S/C22H26Cl2N2O2/c1-4-20(22(28)25-5-2)26(14-17-9-10-18(23)19(24)12-17)21(27)13-16-8-6-7-15(3)11-16/h6-12,20H,4-5,13-14H2,1-3H3,(H,25,28). The highest BCUT2D eigenvalue weighted by molar-refractivity contribution is 6.42. The molecule has 0 fully saturated rings. The Kier molecular flexibility index (Phi) is 8.34. The van der Waals surface area contributed by atoms with Crippen molar-refractivity contribution in [3.05, 3.63) is 69.2 Å². The van der Waals surface area contributed by atoms with Gasteiger partial charge in [0, 0.05) is 13.1 Å². The molecule has 1 unspecified atom stereocenters. The third kappa shape index (κ3) is 5.98. The molecule has 0 aliphatic heterocycles. The first-order valence-electron chi connectivity index (χ1n) is 9.42. The highest BCUT2D eigenvalue weighted by Crippen LogP contribution is 2.24. The van der Waals surface area contributed by atoms with Crippen LogP contribution in [0.15, 0.2) is 42.5 Å². The molecule has 0 radical (unpaired) electrons. The quantitative estimate of drug-likeness (QED) is 0.667. The molecule has 0 saturated carbocycles. The Morgan fingerprint density at radius 3 is 2.39 bits per heavy atom. The number of nitrogens with zero attached hydrogens (tertiary/aromatic N) is 1. The number of nitrogens with one attached hydrogen (secondary N) is 1. The molecule has 2 aromatic carbocycles. The topological polar surface area (TPSA) is 49.4 Å². The van der Waals surface area contributed by atoms with Crippen LogP contribution in [0.1, 0.15) is 37.0 Å². The van der Waals surface area contributed by atoms with E-state index in [0.717, 1.165) is 16.7 Å². The van der Waals surface area contributed by atoms with Crippen molar-refractivity contribution in [3.8, 4) is 0 Å². The molecule has 0 aliphatic rings. The normalized spacial score (nSPS) is 11.8. The number of benzene rings is 2. The molecule has 0 aromatic heterocycles. The number of carbonyl (C=O) groups is 2. The summed E-state index contributed by atoms with van der Waals surface area (Å²) in [5.41, 5.74) is 2.85. The number of aryl methyl sites for hydroxylation is 1. The van der Waals surface area contributed by atoms with Gasteiger partial charge in [0.1, 0.15) is 6.04 Å². The summed E-state index contributed by atoms with van der Waals surface area (Å²) in [6.45, 7) is 6.56. The van der Waals surface area contributed by atoms with Crippen molar-refractivity contribution in [1.29, 1.82) is 0 Å². The van der Waals surface area contributed by atoms with Gasteiger partial charge in [-0.3, -0.25) is 9.59 Å². The molecule has 28 heavy (non-hydrogen) atoms. The van der Waals surface area contributed by atoms with Gasteiger partial charge in [-0.15, -0.1) is 0 Å². The number of rotatable bonds is 8. The second-order valence-corrected chi connectivity index (χ2v) is 7.57. The number of hydrogen-bond acceptors (Lipinski definition) is 2. The van der Waals surface area contributed by atoms with Crippen molar-refractivity contribution in [1.82, 2.24) is 10.2 Å². The second-order valence-electron chi connectivity index (χ2n) is 6.75. The third-order valence-corrected chi connectivity index (χ3v) is 5.25. The Bertz CT molecular complexity index is 839. The van der Waals surface area contributed by atoms with Gasteiger partial charge in [-0.1, -0.05) is 66.0 Å². The number of amides is 2. The van der Waals surface area contributed by atoms with Crippen LogP contribution in [0.25, 0.3) is 0 Å². The molecule has 0 saturated heterocycles. The van der Waals surface area contributed by atoms with Crippen molar-refractivity contribution >= 4 is 35.0 Å². The van der Waals surface area contributed by atoms with E-state index in [9.17, 15) is 9.59 Å². The highest BCUT2D eigenvalue weighted by Gasteiger charge is 2.28. The maximum absolute atomic E-state index is 13.2. The first-order chi connectivity index (χ1) is 13.3. The van der Waals surface area contributed by atoms with E-state index < -0.39 is 6.04 Å². The largest absolute Gasteiger partial charge is 0.355 e. The molecule has 0 aliphatic carbocycles. The highest BCUT2D eigenvalue weighted by atomic mass is 35.5. The fraction of sp³-hybridized carbons (Fsp3) is 0.364. The van der Waals surface area contributed by atoms with E-state index in [2.05, 4.69) is 5.32 Å². The number of carbonyl (C=O) groups excluding carboxylic acids is 2. The molecule has 6 heteroatoms. The SMILES string of the molecule is CCNC(=O)C(CC)N(Cc1ccc(Cl)c(Cl)c1)C(=O)Cc1cccc(C)c1. The van der Waals surface area contributed by atoms with Gasteiger partial charge in [-0.25, -0.2) is 0 Å². The summed E-state index contributed by atoms with van der Waals surface area (Å²) in [6.07, 6.45) is 0.756. The van der Waals surface area contributed by atoms with Crippen LogP contribution in [-0.2, 0) is 22.6 Å². The maximum Gasteiger partial charge on any atom is 0.242 e. The van der Waals surface area contributed by atoms with E-state index in [-0.39, 0.29) is 24.8 Å². The summed E-state index contributed by atoms with van der Waals surface area (Å²) >= 11 is 12.1. The smallest absolute Gasteiger partial charge is 0.242 e. The van der Waals surface area contributed by atoms with Crippen molar-refractivity contribution in [2.45, 2.75) is 46.2 Å². The van der Waals surface area contributed by atoms with Crippen molar-refractivity contribution in [2.75, 3.05) is 6.54 Å². The lowest BCUT2D eigenvalue weighted by Crippen LogP contribution is -2.49. The van der Waals surface area contributed by atoms with E-state index in [4.69, 9.17) is 23.2 Å². The first-order valence-corrected chi connectivity index (χ1v) is 10.2. The van der Waals surface area contributed by atoms with Gasteiger partial charge < -0.3 is 10.2 Å². The number of halogens is 2. The Balaban J connectivity index is 2.31. The molecule has 1 N–H and O–H groups in total. The summed E-state index contributed by atoms with van der Waals surface area (Å²) in [5, 5.41) is 3.72. The fourth-order valence-corrected chi connectivity index (χ4v) is 3.47. The average Bonchev–Trinajstić information content (AvgIpc) is 2.64. The van der Waals surface area contributed by atoms with Crippen molar-refractivity contribution in [2.24, 2.45) is 0 Å². The molecule has 0 bridgehead atoms. The van der Waals surface area contributed by atoms with Crippen LogP contribution < -0.4 is 5.32 Å². The summed E-state index contributed by atoms with van der Waals surface area (Å²) in [4.78, 5) is 27.4. The maximum atomic E-state index is 13.2. The molecule has 2 aromatic rings. The first kappa shape index (κ1) is 22.3. The zero-order chi connectivity index (χ0) is 20.7. The zero-order valence-electron chi connectivity index (χ0n) is 16.5. The minimum atomic E-state index is -0.549. The van der Waals surface area contributed by atoms with Gasteiger partial charge in [0.15, 0.2) is 0 Å². The predicted octanol–water partition coefficient (Wildman–Crippen LogP) is 4.79. The van der Waals surface area contributed by atoms with E-state index in [1.807, 2.05) is 51.1 Å². The Morgan fingerprint density at radius 1 is 1.04 bits per heavy atom. The van der Waals surface area contributed by atoms with Gasteiger partial charge in [-0.05, 0) is 43.5 Å². The summed E-state index contributed by atoms with van der Waals surface area (Å²) in [5.74, 6) is -0.252. The molecule has 1 atom stereocenters. The molecular formula is C22H26Cl2N2O2. The van der Waals surface area contributed by atoms with Gasteiger partial charge in [0.05, 0.1) is 16.5 Å². The summed E-state index contributed by atoms with van der Waals surface area (Å²) in [7, 11) is 0. The molecule has 0 heterocycles. The second kappa shape index (κ2) is 10.5. The van der Waals surface area contributed by atoms with E-state index in [1.54, 1.807) is 17.0 Å². The monoisotopic (exact) mass is 420 g/mol. The Hall–Kier alpha value is -2.04. The van der Waals surface area contributed by atoms with Crippen LogP contribution in [0.2, 0.25) is 10.0 Å². The van der Waals surface area contributed by atoms with Crippen molar-refractivity contribution < 1.29 is 9.59 Å². The predicted molar refractivity (Wildman–Crippen MR) is 115 cm³/mol. The van der Waals surface area contributed by atoms with Crippen LogP contribution >= 0.6 is 23.2 Å². The van der Waals surface area contributed by atoms with E-state index in [0.29, 0.717) is 23.0 Å². The molecule has 2 amide bonds. The summed E-state index contributed by atoms with van der Waals surface area (Å²) in [6, 6.07) is 12.6. The lowest BCUT2D eigenvalue weighted by molar-refractivity contribution is -0.140. The molecule has 0 spiro atoms. The minimum Gasteiger partial charge on any atom is -0.355 e. The molecule has 4 nitrogen and oxygen atoms in total. The van der Waals surface area contributed by atoms with Crippen LogP contribution in [0.3, 0.4) is 0 Å². The lowest BCUT2D eigenvalue weighted by Gasteiger charge is -2.30. The van der Waals surface area contributed by atoms with Crippen LogP contribution in [0.5, 0.6) is 0 Å². The van der Waals surface area contributed by atoms with Crippen LogP contribution in [-0.4, -0.2) is 29.3 Å². The Morgan fingerprint density at radius 2 is 1.79 bits per heavy atom. The minimum absolute atomic E-state index is 0.102. The van der Waals surface area contributed by atoms with Gasteiger partial charge in [0.2, 0.25) is 11.8 Å². The molecule has 150 valence electrons. The fourth-order valence-electron chi connectivity index (χ4n) is 3.14. The Labute approximate surface area is 176 Å². The van der Waals surface area contributed by atoms with Gasteiger partial charge >= 0.3 is 0 Å². The van der Waals surface area contributed by atoms with Crippen LogP contribution in [0, 0.1) is 6.92 Å². The molecule has 2 rings (SSSR count). The average molecular weight is 421 g/mol. The zero-order valence-corrected chi connectivity index (χ0v) is 18.0. The van der Waals surface area contributed by atoms with E-state index >= 15 is 0 Å².